The van der Waals surface area contributed by atoms with E-state index in [2.05, 4.69) is 72.8 Å². The number of benzene rings is 2. The third-order valence-electron chi connectivity index (χ3n) is 6.99. The molecule has 36 heavy (non-hydrogen) atoms. The van der Waals surface area contributed by atoms with E-state index in [0.29, 0.717) is 5.11 Å². The first-order valence-electron chi connectivity index (χ1n) is 12.1. The third-order valence-corrected chi connectivity index (χ3v) is 7.30. The van der Waals surface area contributed by atoms with E-state index in [1.54, 1.807) is 0 Å². The average molecular weight is 497 g/mol. The summed E-state index contributed by atoms with van der Waals surface area (Å²) in [4.78, 5) is 6.88. The number of ether oxygens (including phenoxy) is 2. The number of aromatic nitrogens is 2. The summed E-state index contributed by atoms with van der Waals surface area (Å²) in [7, 11) is 0. The summed E-state index contributed by atoms with van der Waals surface area (Å²) >= 11 is 5.92. The van der Waals surface area contributed by atoms with Gasteiger partial charge in [0.15, 0.2) is 16.6 Å². The number of thiocarbonyl (C=S) groups is 1. The summed E-state index contributed by atoms with van der Waals surface area (Å²) in [5.41, 5.74) is 9.13. The van der Waals surface area contributed by atoms with Gasteiger partial charge in [-0.05, 0) is 99.1 Å². The number of nitrogens with zero attached hydrogens (tertiary/aromatic N) is 3. The van der Waals surface area contributed by atoms with Gasteiger partial charge in [0.05, 0.1) is 17.8 Å². The molecule has 0 spiro atoms. The molecule has 0 unspecified atom stereocenters. The molecule has 0 saturated carbocycles. The van der Waals surface area contributed by atoms with E-state index in [0.717, 1.165) is 22.9 Å². The molecule has 0 bridgehead atoms. The number of anilines is 1. The van der Waals surface area contributed by atoms with Gasteiger partial charge >= 0.3 is 0 Å². The van der Waals surface area contributed by atoms with Crippen molar-refractivity contribution in [2.75, 3.05) is 11.7 Å². The fraction of sp³-hybridized carbons (Fsp3) is 0.241. The Bertz CT molecular complexity index is 1460. The molecular weight excluding hydrogens is 468 g/mol. The van der Waals surface area contributed by atoms with Crippen molar-refractivity contribution in [3.8, 4) is 17.2 Å². The van der Waals surface area contributed by atoms with Gasteiger partial charge in [-0.3, -0.25) is 4.98 Å². The molecule has 2 aromatic heterocycles. The van der Waals surface area contributed by atoms with E-state index in [4.69, 9.17) is 26.7 Å². The lowest BCUT2D eigenvalue weighted by molar-refractivity contribution is 0.174. The van der Waals surface area contributed by atoms with Crippen molar-refractivity contribution in [1.29, 1.82) is 0 Å². The first-order valence-corrected chi connectivity index (χ1v) is 12.5. The van der Waals surface area contributed by atoms with Crippen LogP contribution >= 0.6 is 12.2 Å². The largest absolute Gasteiger partial charge is 0.454 e. The number of hydrogen-bond donors (Lipinski definition) is 1. The molecule has 182 valence electrons. The molecule has 2 aliphatic heterocycles. The molecule has 0 aliphatic carbocycles. The predicted molar refractivity (Wildman–Crippen MR) is 145 cm³/mol. The molecule has 6 rings (SSSR count). The van der Waals surface area contributed by atoms with Crippen LogP contribution in [0.25, 0.3) is 5.69 Å². The van der Waals surface area contributed by atoms with Gasteiger partial charge in [-0.2, -0.15) is 0 Å². The van der Waals surface area contributed by atoms with E-state index in [-0.39, 0.29) is 18.9 Å². The van der Waals surface area contributed by atoms with Crippen LogP contribution in [0, 0.1) is 27.7 Å². The van der Waals surface area contributed by atoms with Crippen molar-refractivity contribution >= 4 is 23.0 Å². The van der Waals surface area contributed by atoms with Gasteiger partial charge in [0, 0.05) is 35.0 Å². The number of fused-ring (bicyclic) bond motifs is 1. The Hall–Kier alpha value is -3.84. The molecule has 2 aliphatic rings. The van der Waals surface area contributed by atoms with Crippen LogP contribution in [-0.2, 0) is 0 Å². The predicted octanol–water partition coefficient (Wildman–Crippen LogP) is 6.01. The summed E-state index contributed by atoms with van der Waals surface area (Å²) in [6.07, 6.45) is 1.83. The maximum atomic E-state index is 5.92. The zero-order chi connectivity index (χ0) is 25.0. The minimum Gasteiger partial charge on any atom is -0.454 e. The van der Waals surface area contributed by atoms with Crippen LogP contribution in [0.2, 0.25) is 0 Å². The molecule has 2 atom stereocenters. The lowest BCUT2D eigenvalue weighted by Crippen LogP contribution is -2.29. The highest BCUT2D eigenvalue weighted by atomic mass is 32.1. The second kappa shape index (κ2) is 8.68. The normalized spacial score (nSPS) is 18.6. The first-order chi connectivity index (χ1) is 17.4. The number of rotatable bonds is 4. The molecule has 4 heterocycles. The highest BCUT2D eigenvalue weighted by Crippen LogP contribution is 2.46. The third kappa shape index (κ3) is 3.71. The van der Waals surface area contributed by atoms with E-state index in [9.17, 15) is 0 Å². The Kier molecular flexibility index (Phi) is 5.45. The second-order valence-corrected chi connectivity index (χ2v) is 9.93. The fourth-order valence-corrected chi connectivity index (χ4v) is 5.89. The summed E-state index contributed by atoms with van der Waals surface area (Å²) in [5.74, 6) is 1.48. The van der Waals surface area contributed by atoms with Crippen LogP contribution in [0.5, 0.6) is 11.5 Å². The lowest BCUT2D eigenvalue weighted by Gasteiger charge is -2.28. The molecule has 7 heteroatoms. The van der Waals surface area contributed by atoms with Crippen LogP contribution in [0.15, 0.2) is 66.9 Å². The molecule has 1 N–H and O–H groups in total. The standard InChI is InChI=1S/C29H28N4O2S/c1-17-11-18(2)13-22(12-17)32-19(3)14-23(20(32)4)28-27(24-7-5-6-10-30-24)31-29(36)33(28)21-8-9-25-26(15-21)35-16-34-25/h5-15,27-28H,16H2,1-4H3,(H,31,36)/t27-,28-/m1/s1. The topological polar surface area (TPSA) is 51.6 Å². The molecule has 1 fully saturated rings. The zero-order valence-corrected chi connectivity index (χ0v) is 21.6. The summed E-state index contributed by atoms with van der Waals surface area (Å²) in [6, 6.07) is 20.8. The van der Waals surface area contributed by atoms with Crippen LogP contribution in [0.4, 0.5) is 5.69 Å². The number of nitrogens with one attached hydrogen (secondary N) is 1. The molecule has 6 nitrogen and oxygen atoms in total. The maximum absolute atomic E-state index is 5.92. The van der Waals surface area contributed by atoms with E-state index >= 15 is 0 Å². The SMILES string of the molecule is Cc1cc(C)cc(-n2c(C)cc([C@@H]3[C@@H](c4ccccn4)NC(=S)N3c3ccc4c(c3)OCO4)c2C)c1. The van der Waals surface area contributed by atoms with Crippen molar-refractivity contribution in [3.63, 3.8) is 0 Å². The number of hydrogen-bond acceptors (Lipinski definition) is 4. The minimum absolute atomic E-state index is 0.0985. The van der Waals surface area contributed by atoms with Gasteiger partial charge in [-0.1, -0.05) is 12.1 Å². The molecular formula is C29H28N4O2S. The Balaban J connectivity index is 1.52. The summed E-state index contributed by atoms with van der Waals surface area (Å²) < 4.78 is 13.6. The van der Waals surface area contributed by atoms with Gasteiger partial charge in [0.1, 0.15) is 0 Å². The molecule has 0 amide bonds. The Morgan fingerprint density at radius 3 is 2.42 bits per heavy atom. The molecule has 2 aromatic carbocycles. The van der Waals surface area contributed by atoms with Crippen LogP contribution < -0.4 is 19.7 Å². The van der Waals surface area contributed by atoms with Crippen LogP contribution in [-0.4, -0.2) is 21.5 Å². The quantitative estimate of drug-likeness (QED) is 0.349. The van der Waals surface area contributed by atoms with Crippen LogP contribution in [0.1, 0.15) is 45.9 Å². The van der Waals surface area contributed by atoms with Gasteiger partial charge in [0.25, 0.3) is 0 Å². The van der Waals surface area contributed by atoms with Crippen molar-refractivity contribution in [2.45, 2.75) is 39.8 Å². The summed E-state index contributed by atoms with van der Waals surface area (Å²) in [5, 5.41) is 4.22. The minimum atomic E-state index is -0.114. The Morgan fingerprint density at radius 2 is 1.67 bits per heavy atom. The van der Waals surface area contributed by atoms with Crippen molar-refractivity contribution < 1.29 is 9.47 Å². The first kappa shape index (κ1) is 22.6. The monoisotopic (exact) mass is 496 g/mol. The molecule has 0 radical (unpaired) electrons. The van der Waals surface area contributed by atoms with Gasteiger partial charge < -0.3 is 24.3 Å². The van der Waals surface area contributed by atoms with E-state index < -0.39 is 0 Å². The highest BCUT2D eigenvalue weighted by molar-refractivity contribution is 7.80. The second-order valence-electron chi connectivity index (χ2n) is 9.54. The highest BCUT2D eigenvalue weighted by Gasteiger charge is 2.42. The van der Waals surface area contributed by atoms with Gasteiger partial charge in [0.2, 0.25) is 6.79 Å². The Morgan fingerprint density at radius 1 is 0.889 bits per heavy atom. The van der Waals surface area contributed by atoms with Crippen molar-refractivity contribution in [2.24, 2.45) is 0 Å². The lowest BCUT2D eigenvalue weighted by atomic mass is 9.96. The van der Waals surface area contributed by atoms with E-state index in [1.807, 2.05) is 36.5 Å². The number of pyridine rings is 1. The van der Waals surface area contributed by atoms with Crippen molar-refractivity contribution in [3.05, 3.63) is 101 Å². The van der Waals surface area contributed by atoms with Gasteiger partial charge in [-0.25, -0.2) is 0 Å². The molecule has 4 aromatic rings. The van der Waals surface area contributed by atoms with E-state index in [1.165, 1.54) is 33.8 Å². The van der Waals surface area contributed by atoms with Crippen LogP contribution in [0.3, 0.4) is 0 Å². The molecule has 1 saturated heterocycles. The Labute approximate surface area is 216 Å². The average Bonchev–Trinajstić information content (AvgIpc) is 3.53. The smallest absolute Gasteiger partial charge is 0.231 e. The maximum Gasteiger partial charge on any atom is 0.231 e. The van der Waals surface area contributed by atoms with Crippen molar-refractivity contribution in [1.82, 2.24) is 14.9 Å². The fourth-order valence-electron chi connectivity index (χ4n) is 5.55. The van der Waals surface area contributed by atoms with Gasteiger partial charge in [-0.15, -0.1) is 0 Å². The number of aryl methyl sites for hydroxylation is 3. The zero-order valence-electron chi connectivity index (χ0n) is 20.8. The summed E-state index contributed by atoms with van der Waals surface area (Å²) in [6.45, 7) is 8.87.